The van der Waals surface area contributed by atoms with Crippen molar-refractivity contribution in [3.63, 3.8) is 0 Å². The molecule has 2 rings (SSSR count). The summed E-state index contributed by atoms with van der Waals surface area (Å²) in [5.41, 5.74) is 0. The predicted molar refractivity (Wildman–Crippen MR) is 97.7 cm³/mol. The fraction of sp³-hybridized carbons (Fsp3) is 0.647. The number of esters is 1. The molecule has 8 heteroatoms. The maximum absolute atomic E-state index is 11.1. The number of hydrogen-bond donors (Lipinski definition) is 1. The number of rotatable bonds is 7. The van der Waals surface area contributed by atoms with Gasteiger partial charge in [0, 0.05) is 58.1 Å². The molecule has 0 atom stereocenters. The van der Waals surface area contributed by atoms with E-state index in [-0.39, 0.29) is 5.97 Å². The predicted octanol–water partition coefficient (Wildman–Crippen LogP) is 0.907. The summed E-state index contributed by atoms with van der Waals surface area (Å²) in [5.74, 6) is 1.57. The molecule has 25 heavy (non-hydrogen) atoms. The third kappa shape index (κ3) is 6.21. The number of ether oxygens (including phenoxy) is 1. The average molecular weight is 348 g/mol. The Labute approximate surface area is 149 Å². The van der Waals surface area contributed by atoms with Crippen LogP contribution in [-0.2, 0) is 9.53 Å². The second-order valence-corrected chi connectivity index (χ2v) is 5.79. The number of aliphatic imine (C=N–C) groups is 1. The van der Waals surface area contributed by atoms with Crippen LogP contribution < -0.4 is 10.2 Å². The summed E-state index contributed by atoms with van der Waals surface area (Å²) in [5, 5.41) is 3.35. The Morgan fingerprint density at radius 3 is 2.60 bits per heavy atom. The van der Waals surface area contributed by atoms with Gasteiger partial charge in [0.2, 0.25) is 5.95 Å². The molecule has 0 spiro atoms. The minimum atomic E-state index is -0.157. The molecule has 1 fully saturated rings. The van der Waals surface area contributed by atoms with E-state index in [9.17, 15) is 4.79 Å². The molecule has 1 aromatic rings. The van der Waals surface area contributed by atoms with Crippen molar-refractivity contribution < 1.29 is 9.53 Å². The van der Waals surface area contributed by atoms with E-state index in [4.69, 9.17) is 0 Å². The standard InChI is InChI=1S/C17H28N6O2/c1-3-18-16(19-8-5-4-7-15(24)25-2)22-11-13-23(14-12-22)17-20-9-6-10-21-17/h6,9-10H,3-5,7-8,11-14H2,1-2H3,(H,18,19). The lowest BCUT2D eigenvalue weighted by Crippen LogP contribution is -2.53. The first kappa shape index (κ1) is 19.0. The summed E-state index contributed by atoms with van der Waals surface area (Å²) in [7, 11) is 1.42. The summed E-state index contributed by atoms with van der Waals surface area (Å²) in [6, 6.07) is 1.83. The van der Waals surface area contributed by atoms with Crippen molar-refractivity contribution >= 4 is 17.9 Å². The second-order valence-electron chi connectivity index (χ2n) is 5.79. The first-order valence-electron chi connectivity index (χ1n) is 8.86. The van der Waals surface area contributed by atoms with Crippen LogP contribution in [0.4, 0.5) is 5.95 Å². The summed E-state index contributed by atoms with van der Waals surface area (Å²) in [4.78, 5) is 28.9. The van der Waals surface area contributed by atoms with Crippen molar-refractivity contribution in [3.05, 3.63) is 18.5 Å². The molecular weight excluding hydrogens is 320 g/mol. The van der Waals surface area contributed by atoms with Crippen molar-refractivity contribution in [1.29, 1.82) is 0 Å². The Morgan fingerprint density at radius 2 is 1.96 bits per heavy atom. The minimum absolute atomic E-state index is 0.157. The Hall–Kier alpha value is -2.38. The highest BCUT2D eigenvalue weighted by atomic mass is 16.5. The Kier molecular flexibility index (Phi) is 7.94. The largest absolute Gasteiger partial charge is 0.469 e. The maximum atomic E-state index is 11.1. The van der Waals surface area contributed by atoms with Crippen LogP contribution in [0.25, 0.3) is 0 Å². The number of unbranched alkanes of at least 4 members (excludes halogenated alkanes) is 1. The molecule has 0 amide bonds. The number of nitrogens with one attached hydrogen (secondary N) is 1. The van der Waals surface area contributed by atoms with Crippen LogP contribution in [0.3, 0.4) is 0 Å². The molecule has 8 nitrogen and oxygen atoms in total. The highest BCUT2D eigenvalue weighted by Crippen LogP contribution is 2.10. The quantitative estimate of drug-likeness (QED) is 0.339. The monoisotopic (exact) mass is 348 g/mol. The van der Waals surface area contributed by atoms with Gasteiger partial charge in [-0.2, -0.15) is 0 Å². The topological polar surface area (TPSA) is 83.0 Å². The molecule has 0 unspecified atom stereocenters. The molecule has 1 aliphatic heterocycles. The van der Waals surface area contributed by atoms with Gasteiger partial charge in [-0.15, -0.1) is 0 Å². The summed E-state index contributed by atoms with van der Waals surface area (Å²) in [6.45, 7) is 7.12. The first-order valence-corrected chi connectivity index (χ1v) is 8.86. The zero-order valence-corrected chi connectivity index (χ0v) is 15.1. The van der Waals surface area contributed by atoms with Gasteiger partial charge < -0.3 is 19.9 Å². The van der Waals surface area contributed by atoms with Crippen molar-refractivity contribution in [1.82, 2.24) is 20.2 Å². The number of aromatic nitrogens is 2. The Morgan fingerprint density at radius 1 is 1.24 bits per heavy atom. The SMILES string of the molecule is CCNC(=NCCCCC(=O)OC)N1CCN(c2ncccn2)CC1. The van der Waals surface area contributed by atoms with Crippen LogP contribution in [0.2, 0.25) is 0 Å². The zero-order valence-electron chi connectivity index (χ0n) is 15.1. The Balaban J connectivity index is 1.80. The maximum Gasteiger partial charge on any atom is 0.305 e. The molecule has 2 heterocycles. The van der Waals surface area contributed by atoms with E-state index in [1.54, 1.807) is 12.4 Å². The molecule has 1 aromatic heterocycles. The second kappa shape index (κ2) is 10.5. The van der Waals surface area contributed by atoms with Crippen LogP contribution in [-0.4, -0.2) is 73.2 Å². The molecule has 0 aromatic carbocycles. The van der Waals surface area contributed by atoms with Gasteiger partial charge in [-0.05, 0) is 25.8 Å². The number of guanidine groups is 1. The molecule has 0 saturated carbocycles. The molecule has 0 bridgehead atoms. The van der Waals surface area contributed by atoms with Gasteiger partial charge in [-0.3, -0.25) is 9.79 Å². The number of piperazine rings is 1. The van der Waals surface area contributed by atoms with Gasteiger partial charge in [0.15, 0.2) is 5.96 Å². The smallest absolute Gasteiger partial charge is 0.305 e. The van der Waals surface area contributed by atoms with Crippen LogP contribution in [0.5, 0.6) is 0 Å². The van der Waals surface area contributed by atoms with E-state index in [2.05, 4.69) is 41.7 Å². The zero-order chi connectivity index (χ0) is 17.9. The van der Waals surface area contributed by atoms with Gasteiger partial charge >= 0.3 is 5.97 Å². The van der Waals surface area contributed by atoms with E-state index in [1.807, 2.05) is 6.07 Å². The van der Waals surface area contributed by atoms with Crippen LogP contribution in [0, 0.1) is 0 Å². The van der Waals surface area contributed by atoms with Crippen LogP contribution >= 0.6 is 0 Å². The summed E-state index contributed by atoms with van der Waals surface area (Å²) in [6.07, 6.45) is 5.68. The molecule has 0 aliphatic carbocycles. The lowest BCUT2D eigenvalue weighted by Gasteiger charge is -2.36. The fourth-order valence-electron chi connectivity index (χ4n) is 2.67. The highest BCUT2D eigenvalue weighted by Gasteiger charge is 2.20. The fourth-order valence-corrected chi connectivity index (χ4v) is 2.67. The number of carbonyl (C=O) groups excluding carboxylic acids is 1. The van der Waals surface area contributed by atoms with Crippen molar-refractivity contribution in [2.45, 2.75) is 26.2 Å². The highest BCUT2D eigenvalue weighted by molar-refractivity contribution is 5.80. The number of nitrogens with zero attached hydrogens (tertiary/aromatic N) is 5. The molecule has 0 radical (unpaired) electrons. The molecule has 1 N–H and O–H groups in total. The number of methoxy groups -OCH3 is 1. The first-order chi connectivity index (χ1) is 12.2. The lowest BCUT2D eigenvalue weighted by molar-refractivity contribution is -0.140. The van der Waals surface area contributed by atoms with Crippen molar-refractivity contribution in [2.24, 2.45) is 4.99 Å². The van der Waals surface area contributed by atoms with Gasteiger partial charge in [-0.1, -0.05) is 0 Å². The van der Waals surface area contributed by atoms with Crippen molar-refractivity contribution in [2.75, 3.05) is 51.3 Å². The van der Waals surface area contributed by atoms with E-state index in [0.29, 0.717) is 13.0 Å². The van der Waals surface area contributed by atoms with Crippen molar-refractivity contribution in [3.8, 4) is 0 Å². The van der Waals surface area contributed by atoms with Crippen LogP contribution in [0.1, 0.15) is 26.2 Å². The third-order valence-corrected chi connectivity index (χ3v) is 4.03. The normalized spacial score (nSPS) is 15.2. The molecular formula is C17H28N6O2. The number of carbonyl (C=O) groups is 1. The van der Waals surface area contributed by atoms with Crippen LogP contribution in [0.15, 0.2) is 23.5 Å². The van der Waals surface area contributed by atoms with E-state index in [0.717, 1.165) is 57.5 Å². The lowest BCUT2D eigenvalue weighted by atomic mass is 10.2. The van der Waals surface area contributed by atoms with E-state index < -0.39 is 0 Å². The van der Waals surface area contributed by atoms with Gasteiger partial charge in [-0.25, -0.2) is 9.97 Å². The molecule has 1 aliphatic rings. The third-order valence-electron chi connectivity index (χ3n) is 4.03. The van der Waals surface area contributed by atoms with Gasteiger partial charge in [0.05, 0.1) is 7.11 Å². The van der Waals surface area contributed by atoms with E-state index in [1.165, 1.54) is 7.11 Å². The summed E-state index contributed by atoms with van der Waals surface area (Å²) < 4.78 is 4.65. The van der Waals surface area contributed by atoms with Gasteiger partial charge in [0.25, 0.3) is 0 Å². The Bertz CT molecular complexity index is 543. The van der Waals surface area contributed by atoms with Gasteiger partial charge in [0.1, 0.15) is 0 Å². The summed E-state index contributed by atoms with van der Waals surface area (Å²) >= 11 is 0. The molecule has 1 saturated heterocycles. The minimum Gasteiger partial charge on any atom is -0.469 e. The number of anilines is 1. The number of hydrogen-bond acceptors (Lipinski definition) is 6. The average Bonchev–Trinajstić information content (AvgIpc) is 2.67. The van der Waals surface area contributed by atoms with E-state index >= 15 is 0 Å². The molecule has 138 valence electrons.